The van der Waals surface area contributed by atoms with E-state index in [1.807, 2.05) is 48.5 Å². The number of hydrogen-bond acceptors (Lipinski definition) is 5. The molecule has 1 heterocycles. The Morgan fingerprint density at radius 3 is 2.47 bits per heavy atom. The number of nitrogens with zero attached hydrogens (tertiary/aromatic N) is 1. The van der Waals surface area contributed by atoms with Gasteiger partial charge in [0.1, 0.15) is 16.5 Å². The normalized spacial score (nSPS) is 14.5. The Balaban J connectivity index is 1.42. The predicted molar refractivity (Wildman–Crippen MR) is 126 cm³/mol. The van der Waals surface area contributed by atoms with Crippen molar-refractivity contribution in [3.63, 3.8) is 0 Å². The third kappa shape index (κ3) is 5.80. The van der Waals surface area contributed by atoms with Crippen LogP contribution in [0.2, 0.25) is 0 Å². The van der Waals surface area contributed by atoms with Crippen molar-refractivity contribution in [1.82, 2.24) is 4.31 Å². The largest absolute Gasteiger partial charge is 0.483 e. The molecule has 1 N–H and O–H groups in total. The molecule has 1 aliphatic rings. The van der Waals surface area contributed by atoms with E-state index in [9.17, 15) is 17.6 Å². The summed E-state index contributed by atoms with van der Waals surface area (Å²) in [7, 11) is -4.05. The van der Waals surface area contributed by atoms with E-state index in [4.69, 9.17) is 9.47 Å². The lowest BCUT2D eigenvalue weighted by Gasteiger charge is -2.26. The molecule has 1 aliphatic heterocycles. The van der Waals surface area contributed by atoms with Crippen LogP contribution >= 0.6 is 0 Å². The van der Waals surface area contributed by atoms with Crippen molar-refractivity contribution >= 4 is 21.6 Å². The topological polar surface area (TPSA) is 84.9 Å². The highest BCUT2D eigenvalue weighted by Gasteiger charge is 2.29. The van der Waals surface area contributed by atoms with E-state index in [0.717, 1.165) is 23.3 Å². The molecule has 1 saturated heterocycles. The van der Waals surface area contributed by atoms with E-state index < -0.39 is 26.6 Å². The average Bonchev–Trinajstić information content (AvgIpc) is 2.86. The Labute approximate surface area is 198 Å². The van der Waals surface area contributed by atoms with E-state index in [2.05, 4.69) is 5.32 Å². The van der Waals surface area contributed by atoms with Gasteiger partial charge in [0.25, 0.3) is 5.91 Å². The number of hydrogen-bond donors (Lipinski definition) is 1. The fourth-order valence-corrected chi connectivity index (χ4v) is 5.15. The van der Waals surface area contributed by atoms with Crippen molar-refractivity contribution in [2.24, 2.45) is 0 Å². The number of carbonyl (C=O) groups excluding carboxylic acids is 1. The van der Waals surface area contributed by atoms with Gasteiger partial charge in [-0.2, -0.15) is 4.31 Å². The zero-order chi connectivity index (χ0) is 24.0. The fraction of sp³-hybridized carbons (Fsp3) is 0.240. The summed E-state index contributed by atoms with van der Waals surface area (Å²) in [6.07, 6.45) is 0.652. The second-order valence-corrected chi connectivity index (χ2v) is 9.67. The third-order valence-electron chi connectivity index (χ3n) is 5.37. The number of benzene rings is 3. The van der Waals surface area contributed by atoms with Gasteiger partial charge in [-0.15, -0.1) is 0 Å². The van der Waals surface area contributed by atoms with Crippen LogP contribution in [0.1, 0.15) is 11.1 Å². The maximum Gasteiger partial charge on any atom is 0.262 e. The Morgan fingerprint density at radius 2 is 1.71 bits per heavy atom. The summed E-state index contributed by atoms with van der Waals surface area (Å²) in [6.45, 7) is 0.513. The molecule has 0 saturated carbocycles. The Hall–Kier alpha value is -3.27. The molecule has 4 rings (SSSR count). The predicted octanol–water partition coefficient (Wildman–Crippen LogP) is 3.45. The number of halogens is 1. The fourth-order valence-electron chi connectivity index (χ4n) is 3.65. The third-order valence-corrected chi connectivity index (χ3v) is 7.29. The van der Waals surface area contributed by atoms with E-state index in [-0.39, 0.29) is 38.6 Å². The lowest BCUT2D eigenvalue weighted by atomic mass is 10.0. The average molecular weight is 485 g/mol. The molecule has 178 valence electrons. The van der Waals surface area contributed by atoms with Crippen LogP contribution in [0.25, 0.3) is 0 Å². The molecule has 0 aliphatic carbocycles. The van der Waals surface area contributed by atoms with Gasteiger partial charge in [-0.3, -0.25) is 4.79 Å². The first kappa shape index (κ1) is 23.9. The molecular formula is C25H25FN2O5S. The minimum atomic E-state index is -4.05. The van der Waals surface area contributed by atoms with Gasteiger partial charge in [-0.05, 0) is 35.4 Å². The summed E-state index contributed by atoms with van der Waals surface area (Å²) >= 11 is 0. The number of rotatable bonds is 8. The number of sulfonamides is 1. The number of anilines is 1. The van der Waals surface area contributed by atoms with Crippen molar-refractivity contribution in [2.75, 3.05) is 38.2 Å². The second-order valence-electron chi connectivity index (χ2n) is 7.77. The number of ether oxygens (including phenoxy) is 2. The minimum absolute atomic E-state index is 0.147. The van der Waals surface area contributed by atoms with Crippen molar-refractivity contribution in [3.05, 3.63) is 89.7 Å². The first-order valence-corrected chi connectivity index (χ1v) is 12.3. The van der Waals surface area contributed by atoms with Crippen molar-refractivity contribution < 1.29 is 27.1 Å². The van der Waals surface area contributed by atoms with E-state index in [0.29, 0.717) is 12.2 Å². The molecule has 0 atom stereocenters. The molecule has 0 radical (unpaired) electrons. The molecule has 34 heavy (non-hydrogen) atoms. The summed E-state index contributed by atoms with van der Waals surface area (Å²) in [5, 5.41) is 2.59. The van der Waals surface area contributed by atoms with Crippen LogP contribution in [0.15, 0.2) is 77.7 Å². The Kier molecular flexibility index (Phi) is 7.56. The molecule has 0 bridgehead atoms. The van der Waals surface area contributed by atoms with Crippen LogP contribution in [0.4, 0.5) is 10.1 Å². The lowest BCUT2D eigenvalue weighted by Crippen LogP contribution is -2.40. The highest BCUT2D eigenvalue weighted by molar-refractivity contribution is 7.89. The minimum Gasteiger partial charge on any atom is -0.483 e. The van der Waals surface area contributed by atoms with Crippen molar-refractivity contribution in [1.29, 1.82) is 0 Å². The molecule has 7 nitrogen and oxygen atoms in total. The summed E-state index contributed by atoms with van der Waals surface area (Å²) in [5.74, 6) is -0.789. The van der Waals surface area contributed by atoms with E-state index in [1.54, 1.807) is 6.07 Å². The van der Waals surface area contributed by atoms with Crippen LogP contribution in [0, 0.1) is 5.82 Å². The zero-order valence-electron chi connectivity index (χ0n) is 18.4. The molecule has 3 aromatic carbocycles. The lowest BCUT2D eigenvalue weighted by molar-refractivity contribution is -0.118. The van der Waals surface area contributed by atoms with Crippen LogP contribution in [-0.2, 0) is 26.0 Å². The molecule has 0 unspecified atom stereocenters. The number of morpholine rings is 1. The molecule has 1 amide bonds. The van der Waals surface area contributed by atoms with Crippen LogP contribution < -0.4 is 10.1 Å². The van der Waals surface area contributed by atoms with Gasteiger partial charge in [-0.25, -0.2) is 12.8 Å². The Bertz CT molecular complexity index is 1250. The van der Waals surface area contributed by atoms with Gasteiger partial charge < -0.3 is 14.8 Å². The van der Waals surface area contributed by atoms with Crippen molar-refractivity contribution in [2.45, 2.75) is 11.3 Å². The van der Waals surface area contributed by atoms with E-state index in [1.165, 1.54) is 10.4 Å². The van der Waals surface area contributed by atoms with Crippen molar-refractivity contribution in [3.8, 4) is 5.75 Å². The maximum atomic E-state index is 14.4. The maximum absolute atomic E-state index is 14.4. The molecular weight excluding hydrogens is 459 g/mol. The number of para-hydroxylation sites is 1. The second kappa shape index (κ2) is 10.8. The monoisotopic (exact) mass is 484 g/mol. The van der Waals surface area contributed by atoms with Crippen LogP contribution in [0.5, 0.6) is 5.75 Å². The first-order chi connectivity index (χ1) is 16.4. The van der Waals surface area contributed by atoms with Gasteiger partial charge in [0.2, 0.25) is 10.0 Å². The molecule has 0 aromatic heterocycles. The smallest absolute Gasteiger partial charge is 0.262 e. The molecule has 9 heteroatoms. The SMILES string of the molecule is O=C(COc1ccccc1Cc1ccccc1)Nc1ccc(F)c(S(=O)(=O)N2CCOCC2)c1. The summed E-state index contributed by atoms with van der Waals surface area (Å²) in [6, 6.07) is 20.8. The highest BCUT2D eigenvalue weighted by atomic mass is 32.2. The summed E-state index contributed by atoms with van der Waals surface area (Å²) in [5.41, 5.74) is 2.21. The van der Waals surface area contributed by atoms with Gasteiger partial charge in [0.15, 0.2) is 6.61 Å². The zero-order valence-corrected chi connectivity index (χ0v) is 19.3. The van der Waals surface area contributed by atoms with Gasteiger partial charge in [0.05, 0.1) is 13.2 Å². The molecule has 0 spiro atoms. The van der Waals surface area contributed by atoms with Crippen LogP contribution in [-0.4, -0.2) is 51.5 Å². The highest BCUT2D eigenvalue weighted by Crippen LogP contribution is 2.24. The quantitative estimate of drug-likeness (QED) is 0.529. The number of amides is 1. The van der Waals surface area contributed by atoms with Gasteiger partial charge >= 0.3 is 0 Å². The summed E-state index contributed by atoms with van der Waals surface area (Å²) < 4.78 is 52.1. The standard InChI is InChI=1S/C25H25FN2O5S/c26-22-11-10-21(17-24(22)34(30,31)28-12-14-32-15-13-28)27-25(29)18-33-23-9-5-4-8-20(23)16-19-6-2-1-3-7-19/h1-11,17H,12-16,18H2,(H,27,29). The van der Waals surface area contributed by atoms with E-state index >= 15 is 0 Å². The number of nitrogens with one attached hydrogen (secondary N) is 1. The first-order valence-electron chi connectivity index (χ1n) is 10.9. The summed E-state index contributed by atoms with van der Waals surface area (Å²) in [4.78, 5) is 12.0. The van der Waals surface area contributed by atoms with Gasteiger partial charge in [0, 0.05) is 25.2 Å². The Morgan fingerprint density at radius 1 is 1.00 bits per heavy atom. The molecule has 1 fully saturated rings. The number of carbonyl (C=O) groups is 1. The molecule has 3 aromatic rings. The van der Waals surface area contributed by atoms with Crippen LogP contribution in [0.3, 0.4) is 0 Å². The van der Waals surface area contributed by atoms with Gasteiger partial charge in [-0.1, -0.05) is 48.5 Å².